The van der Waals surface area contributed by atoms with Gasteiger partial charge in [-0.15, -0.1) is 0 Å². The number of benzene rings is 1. The van der Waals surface area contributed by atoms with E-state index in [9.17, 15) is 9.90 Å². The van der Waals surface area contributed by atoms with Crippen LogP contribution in [0.2, 0.25) is 15.1 Å². The molecule has 0 spiro atoms. The van der Waals surface area contributed by atoms with Crippen molar-refractivity contribution in [3.63, 3.8) is 0 Å². The van der Waals surface area contributed by atoms with Gasteiger partial charge in [-0.25, -0.2) is 0 Å². The van der Waals surface area contributed by atoms with Gasteiger partial charge in [0.05, 0.1) is 27.0 Å². The van der Waals surface area contributed by atoms with E-state index in [2.05, 4.69) is 6.58 Å². The van der Waals surface area contributed by atoms with Gasteiger partial charge >= 0.3 is 19.5 Å². The van der Waals surface area contributed by atoms with Crippen molar-refractivity contribution in [1.82, 2.24) is 0 Å². The Morgan fingerprint density at radius 3 is 2.00 bits per heavy atom. The Balaban J connectivity index is 0. The molecular weight excluding hydrogens is 384 g/mol. The molecule has 0 N–H and O–H groups in total. The molecule has 9 heteroatoms. The summed E-state index contributed by atoms with van der Waals surface area (Å²) in [6.07, 6.45) is 0.722. The second-order valence-corrected chi connectivity index (χ2v) is 4.10. The Hall–Kier alpha value is -0.807. The minimum Gasteiger partial charge on any atom is -0.546 e. The maximum atomic E-state index is 10.1. The summed E-state index contributed by atoms with van der Waals surface area (Å²) < 4.78 is 4.80. The minimum absolute atomic E-state index is 0. The number of hydrogen-bond donors (Lipinski definition) is 0. The summed E-state index contributed by atoms with van der Waals surface area (Å²) in [7, 11) is 0. The van der Waals surface area contributed by atoms with E-state index in [1.54, 1.807) is 0 Å². The van der Waals surface area contributed by atoms with Gasteiger partial charge in [-0.3, -0.25) is 0 Å². The fourth-order valence-corrected chi connectivity index (χ4v) is 1.34. The molecule has 0 atom stereocenters. The molecule has 0 aliphatic heterocycles. The molecular formula is C11H7Cl3O5Zn. The van der Waals surface area contributed by atoms with Gasteiger partial charge in [0, 0.05) is 6.07 Å². The van der Waals surface area contributed by atoms with E-state index in [0.29, 0.717) is 0 Å². The Labute approximate surface area is 142 Å². The molecule has 0 aliphatic rings. The fourth-order valence-electron chi connectivity index (χ4n) is 0.752. The first-order valence-electron chi connectivity index (χ1n) is 4.58. The van der Waals surface area contributed by atoms with Gasteiger partial charge < -0.3 is 24.5 Å². The van der Waals surface area contributed by atoms with E-state index in [1.165, 1.54) is 12.1 Å². The first-order valence-corrected chi connectivity index (χ1v) is 5.72. The zero-order valence-corrected chi connectivity index (χ0v) is 15.3. The molecule has 20 heavy (non-hydrogen) atoms. The number of aliphatic carboxylic acids is 2. The maximum absolute atomic E-state index is 10.1. The summed E-state index contributed by atoms with van der Waals surface area (Å²) in [5.74, 6) is -2.41. The number of carbonyl (C=O) groups excluding carboxylic acids is 2. The molecule has 5 nitrogen and oxygen atoms in total. The maximum Gasteiger partial charge on any atom is 2.00 e. The molecule has 0 saturated carbocycles. The third-order valence-electron chi connectivity index (χ3n) is 1.49. The number of carboxylic acids is 2. The Kier molecular flexibility index (Phi) is 11.7. The summed E-state index contributed by atoms with van der Waals surface area (Å²) in [4.78, 5) is 19.2. The van der Waals surface area contributed by atoms with Crippen molar-refractivity contribution in [1.29, 1.82) is 0 Å². The zero-order valence-electron chi connectivity index (χ0n) is 10.0. The monoisotopic (exact) mass is 388 g/mol. The average molecular weight is 391 g/mol. The molecule has 0 saturated heterocycles. The van der Waals surface area contributed by atoms with E-state index in [4.69, 9.17) is 49.4 Å². The van der Waals surface area contributed by atoms with Crippen LogP contribution in [0.15, 0.2) is 24.8 Å². The zero-order chi connectivity index (χ0) is 15.0. The van der Waals surface area contributed by atoms with Crippen molar-refractivity contribution >= 4 is 46.7 Å². The topological polar surface area (TPSA) is 89.5 Å². The third-order valence-corrected chi connectivity index (χ3v) is 2.50. The molecule has 1 aromatic carbocycles. The van der Waals surface area contributed by atoms with Crippen molar-refractivity contribution in [2.75, 3.05) is 6.61 Å². The van der Waals surface area contributed by atoms with Crippen molar-refractivity contribution in [3.8, 4) is 5.75 Å². The first kappa shape index (κ1) is 21.5. The van der Waals surface area contributed by atoms with Crippen LogP contribution in [0.3, 0.4) is 0 Å². The third kappa shape index (κ3) is 9.15. The molecule has 0 radical (unpaired) electrons. The van der Waals surface area contributed by atoms with Gasteiger partial charge in [-0.05, 0) is 12.1 Å². The minimum atomic E-state index is -1.34. The SMILES string of the molecule is C=CC(=O)[O-].O=C([O-])COc1cc(Cl)c(Cl)cc1Cl.[Zn+2]. The molecule has 0 unspecified atom stereocenters. The van der Waals surface area contributed by atoms with E-state index >= 15 is 0 Å². The second kappa shape index (κ2) is 10.9. The van der Waals surface area contributed by atoms with Crippen molar-refractivity contribution in [3.05, 3.63) is 39.9 Å². The summed E-state index contributed by atoms with van der Waals surface area (Å²) in [5.41, 5.74) is 0. The van der Waals surface area contributed by atoms with Gasteiger partial charge in [0.15, 0.2) is 0 Å². The molecule has 0 aromatic heterocycles. The number of ether oxygens (including phenoxy) is 1. The van der Waals surface area contributed by atoms with Crippen LogP contribution in [0, 0.1) is 0 Å². The van der Waals surface area contributed by atoms with E-state index in [0.717, 1.165) is 6.08 Å². The number of hydrogen-bond acceptors (Lipinski definition) is 5. The van der Waals surface area contributed by atoms with Crippen molar-refractivity contribution < 1.29 is 44.0 Å². The summed E-state index contributed by atoms with van der Waals surface area (Å²) in [5, 5.41) is 19.9. The molecule has 104 valence electrons. The van der Waals surface area contributed by atoms with Crippen molar-refractivity contribution in [2.24, 2.45) is 0 Å². The first-order chi connectivity index (χ1) is 8.77. The van der Waals surface area contributed by atoms with Crippen LogP contribution < -0.4 is 14.9 Å². The van der Waals surface area contributed by atoms with Crippen LogP contribution in [0.4, 0.5) is 0 Å². The Morgan fingerprint density at radius 1 is 1.15 bits per heavy atom. The molecule has 0 bridgehead atoms. The van der Waals surface area contributed by atoms with Gasteiger partial charge in [0.2, 0.25) is 0 Å². The summed E-state index contributed by atoms with van der Waals surface area (Å²) in [6, 6.07) is 2.71. The van der Waals surface area contributed by atoms with Crippen LogP contribution in [0.5, 0.6) is 5.75 Å². The van der Waals surface area contributed by atoms with Gasteiger partial charge in [0.25, 0.3) is 0 Å². The largest absolute Gasteiger partial charge is 2.00 e. The van der Waals surface area contributed by atoms with Gasteiger partial charge in [-0.2, -0.15) is 0 Å². The number of carbonyl (C=O) groups is 2. The molecule has 0 heterocycles. The van der Waals surface area contributed by atoms with Gasteiger partial charge in [-0.1, -0.05) is 41.4 Å². The average Bonchev–Trinajstić information content (AvgIpc) is 2.32. The predicted molar refractivity (Wildman–Crippen MR) is 67.2 cm³/mol. The smallest absolute Gasteiger partial charge is 0.546 e. The normalized spacial score (nSPS) is 8.55. The Morgan fingerprint density at radius 2 is 1.60 bits per heavy atom. The predicted octanol–water partition coefficient (Wildman–Crippen LogP) is 0.695. The fraction of sp³-hybridized carbons (Fsp3) is 0.0909. The quantitative estimate of drug-likeness (QED) is 0.428. The van der Waals surface area contributed by atoms with E-state index < -0.39 is 18.5 Å². The van der Waals surface area contributed by atoms with Crippen LogP contribution >= 0.6 is 34.8 Å². The molecule has 1 rings (SSSR count). The Bertz CT molecular complexity index is 493. The van der Waals surface area contributed by atoms with Crippen LogP contribution in [-0.2, 0) is 29.1 Å². The summed E-state index contributed by atoms with van der Waals surface area (Å²) >= 11 is 17.0. The summed E-state index contributed by atoms with van der Waals surface area (Å²) in [6.45, 7) is 2.31. The number of halogens is 3. The van der Waals surface area contributed by atoms with Gasteiger partial charge in [0.1, 0.15) is 12.4 Å². The molecule has 0 amide bonds. The standard InChI is InChI=1S/C8H5Cl3O3.C3H4O2.Zn/c9-4-1-6(11)7(2-5(4)10)14-3-8(12)13;1-2-3(4)5;/h1-2H,3H2,(H,12,13);2H,1H2,(H,4,5);/q;;+2/p-2. The number of carboxylic acid groups (broad SMARTS) is 2. The number of rotatable bonds is 4. The molecule has 1 aromatic rings. The molecule has 0 fully saturated rings. The van der Waals surface area contributed by atoms with Crippen LogP contribution in [0.25, 0.3) is 0 Å². The van der Waals surface area contributed by atoms with Crippen LogP contribution in [0.1, 0.15) is 0 Å². The van der Waals surface area contributed by atoms with Crippen LogP contribution in [-0.4, -0.2) is 18.5 Å². The van der Waals surface area contributed by atoms with E-state index in [-0.39, 0.29) is 40.3 Å². The second-order valence-electron chi connectivity index (χ2n) is 2.88. The molecule has 0 aliphatic carbocycles. The van der Waals surface area contributed by atoms with Crippen molar-refractivity contribution in [2.45, 2.75) is 0 Å². The van der Waals surface area contributed by atoms with E-state index in [1.807, 2.05) is 0 Å².